The molecule has 0 aromatic carbocycles. The van der Waals surface area contributed by atoms with Gasteiger partial charge in [-0.3, -0.25) is 0 Å². The van der Waals surface area contributed by atoms with Crippen molar-refractivity contribution >= 4 is 27.3 Å². The van der Waals surface area contributed by atoms with Crippen molar-refractivity contribution in [3.8, 4) is 0 Å². The zero-order valence-corrected chi connectivity index (χ0v) is 11.8. The van der Waals surface area contributed by atoms with Gasteiger partial charge in [-0.15, -0.1) is 11.3 Å². The summed E-state index contributed by atoms with van der Waals surface area (Å²) in [5, 5.41) is 4.48. The largest absolute Gasteiger partial charge is 0.307 e. The summed E-state index contributed by atoms with van der Waals surface area (Å²) in [7, 11) is 0. The van der Waals surface area contributed by atoms with E-state index in [9.17, 15) is 0 Å². The Morgan fingerprint density at radius 3 is 2.73 bits per heavy atom. The number of hydrogen-bond acceptors (Lipinski definition) is 3. The summed E-state index contributed by atoms with van der Waals surface area (Å²) in [6.07, 6.45) is 1.95. The molecular formula is C11H17BrN2S. The van der Waals surface area contributed by atoms with Crippen molar-refractivity contribution in [2.75, 3.05) is 6.54 Å². The summed E-state index contributed by atoms with van der Waals surface area (Å²) in [5.41, 5.74) is 0.155. The molecule has 0 aliphatic heterocycles. The van der Waals surface area contributed by atoms with Gasteiger partial charge in [-0.1, -0.05) is 43.3 Å². The Morgan fingerprint density at radius 1 is 1.60 bits per heavy atom. The molecule has 1 aromatic heterocycles. The van der Waals surface area contributed by atoms with Crippen LogP contribution in [-0.4, -0.2) is 11.5 Å². The standard InChI is InChI=1S/C11H17BrN2S/c1-8(12)5-13-6-9-7-14-10(15-9)11(2,3)4/h7,13H,1,5-6H2,2-4H3. The highest BCUT2D eigenvalue weighted by atomic mass is 79.9. The first-order valence-electron chi connectivity index (χ1n) is 4.89. The van der Waals surface area contributed by atoms with Crippen molar-refractivity contribution in [2.45, 2.75) is 32.7 Å². The highest BCUT2D eigenvalue weighted by Gasteiger charge is 2.17. The van der Waals surface area contributed by atoms with Crippen LogP contribution >= 0.6 is 27.3 Å². The molecule has 0 aliphatic rings. The summed E-state index contributed by atoms with van der Waals surface area (Å²) < 4.78 is 0.975. The first-order valence-corrected chi connectivity index (χ1v) is 6.49. The predicted molar refractivity (Wildman–Crippen MR) is 70.6 cm³/mol. The molecular weight excluding hydrogens is 272 g/mol. The summed E-state index contributed by atoms with van der Waals surface area (Å²) in [6, 6.07) is 0. The molecule has 1 heterocycles. The van der Waals surface area contributed by atoms with E-state index in [1.165, 1.54) is 9.88 Å². The van der Waals surface area contributed by atoms with Crippen LogP contribution in [0.5, 0.6) is 0 Å². The highest BCUT2D eigenvalue weighted by molar-refractivity contribution is 9.11. The lowest BCUT2D eigenvalue weighted by atomic mass is 9.98. The molecule has 4 heteroatoms. The van der Waals surface area contributed by atoms with Crippen molar-refractivity contribution in [2.24, 2.45) is 0 Å². The van der Waals surface area contributed by atoms with Gasteiger partial charge in [0.2, 0.25) is 0 Å². The first kappa shape index (κ1) is 12.9. The second kappa shape index (κ2) is 5.23. The third-order valence-electron chi connectivity index (χ3n) is 1.81. The Morgan fingerprint density at radius 2 is 2.27 bits per heavy atom. The van der Waals surface area contributed by atoms with Gasteiger partial charge in [-0.25, -0.2) is 4.98 Å². The van der Waals surface area contributed by atoms with Gasteiger partial charge >= 0.3 is 0 Å². The van der Waals surface area contributed by atoms with Crippen LogP contribution < -0.4 is 5.32 Å². The Balaban J connectivity index is 2.50. The van der Waals surface area contributed by atoms with E-state index in [4.69, 9.17) is 0 Å². The van der Waals surface area contributed by atoms with E-state index < -0.39 is 0 Å². The zero-order valence-electron chi connectivity index (χ0n) is 9.43. The molecule has 0 saturated carbocycles. The molecule has 0 saturated heterocycles. The average molecular weight is 289 g/mol. The molecule has 1 rings (SSSR count). The topological polar surface area (TPSA) is 24.9 Å². The quantitative estimate of drug-likeness (QED) is 0.918. The Bertz CT molecular complexity index is 339. The Kier molecular flexibility index (Phi) is 4.49. The Labute approximate surface area is 104 Å². The number of hydrogen-bond donors (Lipinski definition) is 1. The van der Waals surface area contributed by atoms with Gasteiger partial charge in [0.05, 0.1) is 5.01 Å². The van der Waals surface area contributed by atoms with Gasteiger partial charge < -0.3 is 5.32 Å². The van der Waals surface area contributed by atoms with Crippen LogP contribution in [0, 0.1) is 0 Å². The second-order valence-electron chi connectivity index (χ2n) is 4.50. The fourth-order valence-corrected chi connectivity index (χ4v) is 2.20. The second-order valence-corrected chi connectivity index (χ2v) is 6.74. The fourth-order valence-electron chi connectivity index (χ4n) is 1.06. The van der Waals surface area contributed by atoms with Crippen LogP contribution in [0.3, 0.4) is 0 Å². The number of nitrogens with zero attached hydrogens (tertiary/aromatic N) is 1. The minimum atomic E-state index is 0.155. The summed E-state index contributed by atoms with van der Waals surface area (Å²) in [4.78, 5) is 5.70. The first-order chi connectivity index (χ1) is 6.89. The molecule has 0 unspecified atom stereocenters. The van der Waals surface area contributed by atoms with Crippen molar-refractivity contribution in [3.63, 3.8) is 0 Å². The van der Waals surface area contributed by atoms with Crippen LogP contribution in [0.4, 0.5) is 0 Å². The van der Waals surface area contributed by atoms with Crippen molar-refractivity contribution in [1.82, 2.24) is 10.3 Å². The lowest BCUT2D eigenvalue weighted by Crippen LogP contribution is -2.13. The van der Waals surface area contributed by atoms with Crippen LogP contribution in [0.25, 0.3) is 0 Å². The van der Waals surface area contributed by atoms with Gasteiger partial charge in [0, 0.05) is 34.1 Å². The van der Waals surface area contributed by atoms with E-state index in [1.54, 1.807) is 11.3 Å². The molecule has 0 atom stereocenters. The third kappa shape index (κ3) is 4.45. The smallest absolute Gasteiger partial charge is 0.0981 e. The summed E-state index contributed by atoms with van der Waals surface area (Å²) >= 11 is 5.09. The van der Waals surface area contributed by atoms with E-state index in [2.05, 4.69) is 53.6 Å². The van der Waals surface area contributed by atoms with E-state index in [-0.39, 0.29) is 5.41 Å². The lowest BCUT2D eigenvalue weighted by Gasteiger charge is -2.13. The van der Waals surface area contributed by atoms with Crippen LogP contribution in [0.15, 0.2) is 17.3 Å². The molecule has 0 aliphatic carbocycles. The predicted octanol–water partition coefficient (Wildman–Crippen LogP) is 3.44. The average Bonchev–Trinajstić information content (AvgIpc) is 2.51. The number of rotatable bonds is 4. The summed E-state index contributed by atoms with van der Waals surface area (Å²) in [5.74, 6) is 0. The molecule has 0 amide bonds. The van der Waals surface area contributed by atoms with E-state index in [0.717, 1.165) is 17.6 Å². The number of halogens is 1. The lowest BCUT2D eigenvalue weighted by molar-refractivity contribution is 0.585. The summed E-state index contributed by atoms with van der Waals surface area (Å²) in [6.45, 7) is 12.0. The molecule has 2 nitrogen and oxygen atoms in total. The molecule has 0 bridgehead atoms. The van der Waals surface area contributed by atoms with E-state index in [0.29, 0.717) is 0 Å². The fraction of sp³-hybridized carbons (Fsp3) is 0.545. The van der Waals surface area contributed by atoms with Crippen molar-refractivity contribution in [3.05, 3.63) is 27.1 Å². The molecule has 0 fully saturated rings. The number of thiazole rings is 1. The number of aromatic nitrogens is 1. The molecule has 0 spiro atoms. The van der Waals surface area contributed by atoms with Gasteiger partial charge in [0.1, 0.15) is 0 Å². The zero-order chi connectivity index (χ0) is 11.5. The number of nitrogens with one attached hydrogen (secondary N) is 1. The molecule has 15 heavy (non-hydrogen) atoms. The third-order valence-corrected chi connectivity index (χ3v) is 3.51. The van der Waals surface area contributed by atoms with Crippen LogP contribution in [-0.2, 0) is 12.0 Å². The molecule has 0 radical (unpaired) electrons. The normalized spacial score (nSPS) is 11.7. The minimum absolute atomic E-state index is 0.155. The molecule has 1 N–H and O–H groups in total. The Hall–Kier alpha value is -0.190. The van der Waals surface area contributed by atoms with Gasteiger partial charge in [0.15, 0.2) is 0 Å². The molecule has 84 valence electrons. The highest BCUT2D eigenvalue weighted by Crippen LogP contribution is 2.26. The maximum atomic E-state index is 4.43. The van der Waals surface area contributed by atoms with Gasteiger partial charge in [-0.2, -0.15) is 0 Å². The maximum Gasteiger partial charge on any atom is 0.0981 e. The molecule has 1 aromatic rings. The van der Waals surface area contributed by atoms with Crippen molar-refractivity contribution in [1.29, 1.82) is 0 Å². The van der Waals surface area contributed by atoms with Gasteiger partial charge in [0.25, 0.3) is 0 Å². The van der Waals surface area contributed by atoms with Crippen LogP contribution in [0.1, 0.15) is 30.7 Å². The minimum Gasteiger partial charge on any atom is -0.307 e. The van der Waals surface area contributed by atoms with E-state index in [1.807, 2.05) is 6.20 Å². The maximum absolute atomic E-state index is 4.43. The van der Waals surface area contributed by atoms with Crippen LogP contribution in [0.2, 0.25) is 0 Å². The SMILES string of the molecule is C=C(Br)CNCc1cnc(C(C)(C)C)s1. The van der Waals surface area contributed by atoms with Gasteiger partial charge in [-0.05, 0) is 0 Å². The monoisotopic (exact) mass is 288 g/mol. The van der Waals surface area contributed by atoms with E-state index >= 15 is 0 Å². The van der Waals surface area contributed by atoms with Crippen molar-refractivity contribution < 1.29 is 0 Å².